The predicted octanol–water partition coefficient (Wildman–Crippen LogP) is 3.30. The van der Waals surface area contributed by atoms with E-state index in [1.165, 1.54) is 31.2 Å². The van der Waals surface area contributed by atoms with E-state index in [0.29, 0.717) is 42.0 Å². The molecule has 1 unspecified atom stereocenters. The molecule has 0 radical (unpaired) electrons. The predicted molar refractivity (Wildman–Crippen MR) is 100 cm³/mol. The van der Waals surface area contributed by atoms with E-state index < -0.39 is 0 Å². The molecule has 138 valence electrons. The number of Topliss-reactive ketones (excluding diaryl/α,β-unsaturated/α-hetero) is 1. The van der Waals surface area contributed by atoms with Gasteiger partial charge in [-0.3, -0.25) is 4.79 Å². The van der Waals surface area contributed by atoms with E-state index in [-0.39, 0.29) is 23.7 Å². The molecule has 1 saturated heterocycles. The zero-order valence-corrected chi connectivity index (χ0v) is 14.8. The van der Waals surface area contributed by atoms with E-state index in [1.807, 2.05) is 4.90 Å². The van der Waals surface area contributed by atoms with Crippen LogP contribution in [0.1, 0.15) is 29.3 Å². The average molecular weight is 366 g/mol. The van der Waals surface area contributed by atoms with Crippen LogP contribution in [0.3, 0.4) is 0 Å². The molecule has 2 aromatic rings. The van der Waals surface area contributed by atoms with Crippen molar-refractivity contribution < 1.29 is 14.0 Å². The number of rotatable bonds is 4. The number of hydrogen-bond acceptors (Lipinski definition) is 4. The Balaban J connectivity index is 1.64. The maximum atomic E-state index is 12.9. The van der Waals surface area contributed by atoms with E-state index in [2.05, 4.69) is 16.7 Å². The van der Waals surface area contributed by atoms with Crippen molar-refractivity contribution in [1.29, 1.82) is 5.26 Å². The van der Waals surface area contributed by atoms with Crippen LogP contribution in [-0.4, -0.2) is 30.9 Å². The van der Waals surface area contributed by atoms with Crippen LogP contribution >= 0.6 is 0 Å². The standard InChI is InChI=1S/C20H19FN4O2/c1-13(26)14-2-3-15(11-22)19(10-14)25-9-8-18(12-25)24-20(27)23-17-6-4-16(21)5-7-17/h2-7,10,18H,8-9,12H2,1H3,(H2,23,24,27). The number of nitrogens with one attached hydrogen (secondary N) is 2. The van der Waals surface area contributed by atoms with E-state index >= 15 is 0 Å². The van der Waals surface area contributed by atoms with Gasteiger partial charge in [0, 0.05) is 30.4 Å². The lowest BCUT2D eigenvalue weighted by Crippen LogP contribution is -2.39. The molecule has 1 fully saturated rings. The number of halogens is 1. The summed E-state index contributed by atoms with van der Waals surface area (Å²) in [5.74, 6) is -0.429. The molecule has 7 heteroatoms. The van der Waals surface area contributed by atoms with Gasteiger partial charge in [0.2, 0.25) is 0 Å². The minimum Gasteiger partial charge on any atom is -0.368 e. The smallest absolute Gasteiger partial charge is 0.319 e. The number of anilines is 2. The third kappa shape index (κ3) is 4.42. The largest absolute Gasteiger partial charge is 0.368 e. The first-order valence-corrected chi connectivity index (χ1v) is 8.59. The number of nitrogens with zero attached hydrogens (tertiary/aromatic N) is 2. The molecule has 2 N–H and O–H groups in total. The molecule has 0 aromatic heterocycles. The van der Waals surface area contributed by atoms with Crippen molar-refractivity contribution >= 4 is 23.2 Å². The highest BCUT2D eigenvalue weighted by atomic mass is 19.1. The molecule has 2 aromatic carbocycles. The molecular formula is C20H19FN4O2. The Bertz CT molecular complexity index is 905. The van der Waals surface area contributed by atoms with Gasteiger partial charge in [-0.1, -0.05) is 0 Å². The first kappa shape index (κ1) is 18.4. The van der Waals surface area contributed by atoms with Crippen molar-refractivity contribution in [3.63, 3.8) is 0 Å². The van der Waals surface area contributed by atoms with Gasteiger partial charge >= 0.3 is 6.03 Å². The van der Waals surface area contributed by atoms with Gasteiger partial charge < -0.3 is 15.5 Å². The second kappa shape index (κ2) is 7.87. The van der Waals surface area contributed by atoms with Crippen LogP contribution in [0.4, 0.5) is 20.6 Å². The van der Waals surface area contributed by atoms with Crippen molar-refractivity contribution in [3.8, 4) is 6.07 Å². The molecule has 3 rings (SSSR count). The van der Waals surface area contributed by atoms with Crippen molar-refractivity contribution in [1.82, 2.24) is 5.32 Å². The summed E-state index contributed by atoms with van der Waals surface area (Å²) in [6.45, 7) is 2.68. The summed E-state index contributed by atoms with van der Waals surface area (Å²) in [5.41, 5.74) is 2.25. The molecule has 1 aliphatic heterocycles. The number of ketones is 1. The minimum atomic E-state index is -0.369. The summed E-state index contributed by atoms with van der Waals surface area (Å²) in [4.78, 5) is 25.8. The van der Waals surface area contributed by atoms with Crippen LogP contribution in [0.25, 0.3) is 0 Å². The van der Waals surface area contributed by atoms with Gasteiger partial charge in [-0.05, 0) is 55.8 Å². The number of hydrogen-bond donors (Lipinski definition) is 2. The first-order valence-electron chi connectivity index (χ1n) is 8.59. The zero-order valence-electron chi connectivity index (χ0n) is 14.8. The van der Waals surface area contributed by atoms with Crippen molar-refractivity contribution in [2.24, 2.45) is 0 Å². The fourth-order valence-corrected chi connectivity index (χ4v) is 3.09. The Morgan fingerprint density at radius 3 is 2.63 bits per heavy atom. The lowest BCUT2D eigenvalue weighted by atomic mass is 10.1. The van der Waals surface area contributed by atoms with Crippen LogP contribution in [-0.2, 0) is 0 Å². The number of carbonyl (C=O) groups excluding carboxylic acids is 2. The molecule has 0 bridgehead atoms. The highest BCUT2D eigenvalue weighted by Crippen LogP contribution is 2.26. The highest BCUT2D eigenvalue weighted by molar-refractivity contribution is 5.95. The van der Waals surface area contributed by atoms with Gasteiger partial charge in [-0.15, -0.1) is 0 Å². The number of benzene rings is 2. The Morgan fingerprint density at radius 2 is 1.96 bits per heavy atom. The molecule has 1 heterocycles. The van der Waals surface area contributed by atoms with Crippen LogP contribution in [0, 0.1) is 17.1 Å². The summed E-state index contributed by atoms with van der Waals surface area (Å²) in [6, 6.07) is 12.2. The SMILES string of the molecule is CC(=O)c1ccc(C#N)c(N2CCC(NC(=O)Nc3ccc(F)cc3)C2)c1. The van der Waals surface area contributed by atoms with E-state index in [4.69, 9.17) is 0 Å². The second-order valence-electron chi connectivity index (χ2n) is 6.44. The summed E-state index contributed by atoms with van der Waals surface area (Å²) in [5, 5.41) is 14.9. The molecule has 1 atom stereocenters. The van der Waals surface area contributed by atoms with Gasteiger partial charge in [-0.2, -0.15) is 5.26 Å². The molecular weight excluding hydrogens is 347 g/mol. The molecule has 27 heavy (non-hydrogen) atoms. The van der Waals surface area contributed by atoms with Gasteiger partial charge in [-0.25, -0.2) is 9.18 Å². The Labute approximate surface area is 156 Å². The Hall–Kier alpha value is -3.40. The van der Waals surface area contributed by atoms with Crippen LogP contribution in [0.15, 0.2) is 42.5 Å². The Kier molecular flexibility index (Phi) is 5.36. The normalized spacial score (nSPS) is 15.9. The van der Waals surface area contributed by atoms with E-state index in [0.717, 1.165) is 0 Å². The van der Waals surface area contributed by atoms with E-state index in [9.17, 15) is 19.2 Å². The molecule has 2 amide bonds. The van der Waals surface area contributed by atoms with Crippen LogP contribution in [0.5, 0.6) is 0 Å². The fourth-order valence-electron chi connectivity index (χ4n) is 3.09. The van der Waals surface area contributed by atoms with E-state index in [1.54, 1.807) is 18.2 Å². The summed E-state index contributed by atoms with van der Waals surface area (Å²) < 4.78 is 12.9. The van der Waals surface area contributed by atoms with Gasteiger partial charge in [0.05, 0.1) is 11.3 Å². The topological polar surface area (TPSA) is 85.2 Å². The van der Waals surface area contributed by atoms with Crippen molar-refractivity contribution in [3.05, 3.63) is 59.4 Å². The second-order valence-corrected chi connectivity index (χ2v) is 6.44. The summed E-state index contributed by atoms with van der Waals surface area (Å²) in [6.07, 6.45) is 0.714. The van der Waals surface area contributed by atoms with Gasteiger partial charge in [0.1, 0.15) is 11.9 Å². The molecule has 6 nitrogen and oxygen atoms in total. The van der Waals surface area contributed by atoms with Gasteiger partial charge in [0.25, 0.3) is 0 Å². The third-order valence-corrected chi connectivity index (χ3v) is 4.49. The Morgan fingerprint density at radius 1 is 1.22 bits per heavy atom. The first-order chi connectivity index (χ1) is 13.0. The molecule has 0 saturated carbocycles. The maximum Gasteiger partial charge on any atom is 0.319 e. The molecule has 1 aliphatic rings. The van der Waals surface area contributed by atoms with Crippen LogP contribution < -0.4 is 15.5 Å². The van der Waals surface area contributed by atoms with Crippen molar-refractivity contribution in [2.75, 3.05) is 23.3 Å². The number of nitriles is 1. The average Bonchev–Trinajstić information content (AvgIpc) is 3.11. The number of carbonyl (C=O) groups is 2. The summed E-state index contributed by atoms with van der Waals surface area (Å²) >= 11 is 0. The van der Waals surface area contributed by atoms with Crippen LogP contribution in [0.2, 0.25) is 0 Å². The minimum absolute atomic E-state index is 0.0618. The quantitative estimate of drug-likeness (QED) is 0.813. The lowest BCUT2D eigenvalue weighted by molar-refractivity contribution is 0.101. The fraction of sp³-hybridized carbons (Fsp3) is 0.250. The third-order valence-electron chi connectivity index (χ3n) is 4.49. The number of urea groups is 1. The zero-order chi connectivity index (χ0) is 19.4. The maximum absolute atomic E-state index is 12.9. The molecule has 0 spiro atoms. The monoisotopic (exact) mass is 366 g/mol. The lowest BCUT2D eigenvalue weighted by Gasteiger charge is -2.21. The summed E-state index contributed by atoms with van der Waals surface area (Å²) in [7, 11) is 0. The highest BCUT2D eigenvalue weighted by Gasteiger charge is 2.26. The molecule has 0 aliphatic carbocycles. The van der Waals surface area contributed by atoms with Gasteiger partial charge in [0.15, 0.2) is 5.78 Å². The van der Waals surface area contributed by atoms with Crippen molar-refractivity contribution in [2.45, 2.75) is 19.4 Å². The number of amides is 2.